The molecule has 32 heavy (non-hydrogen) atoms. The van der Waals surface area contributed by atoms with Crippen molar-refractivity contribution in [1.29, 1.82) is 0 Å². The Kier molecular flexibility index (Phi) is 6.47. The van der Waals surface area contributed by atoms with Gasteiger partial charge >= 0.3 is 18.1 Å². The Morgan fingerprint density at radius 1 is 1.38 bits per heavy atom. The normalized spacial score (nSPS) is 20.6. The number of carbonyl (C=O) groups is 4. The molecular weight excluding hydrogens is 481 g/mol. The second-order valence-electron chi connectivity index (χ2n) is 6.90. The van der Waals surface area contributed by atoms with E-state index in [1.54, 1.807) is 0 Å². The van der Waals surface area contributed by atoms with Crippen molar-refractivity contribution in [3.8, 4) is 0 Å². The summed E-state index contributed by atoms with van der Waals surface area (Å²) in [6, 6.07) is -1.08. The van der Waals surface area contributed by atoms with E-state index in [9.17, 15) is 37.5 Å². The number of alkyl halides is 3. The van der Waals surface area contributed by atoms with Gasteiger partial charge in [-0.05, 0) is 6.92 Å². The molecule has 1 aromatic heterocycles. The number of β-lactam (4-membered cyclic amide) rings is 1. The van der Waals surface area contributed by atoms with Crippen molar-refractivity contribution < 1.29 is 42.2 Å². The highest BCUT2D eigenvalue weighted by Crippen LogP contribution is 2.40. The van der Waals surface area contributed by atoms with E-state index in [2.05, 4.69) is 10.4 Å². The molecule has 174 valence electrons. The van der Waals surface area contributed by atoms with Gasteiger partial charge in [-0.25, -0.2) is 4.79 Å². The SMILES string of the molecule is CC(=O)OCC1=C(C(=O)O)N2C(=O)[C@H](NC(=O)Cn3nc(C(F)(F)F)c(Cl)c3C)[C@H]2SC1. The molecule has 0 aliphatic carbocycles. The molecular formula is C17H16ClF3N4O6S. The van der Waals surface area contributed by atoms with Crippen LogP contribution in [0.25, 0.3) is 0 Å². The Bertz CT molecular complexity index is 1040. The van der Waals surface area contributed by atoms with Gasteiger partial charge < -0.3 is 15.2 Å². The third-order valence-electron chi connectivity index (χ3n) is 4.71. The summed E-state index contributed by atoms with van der Waals surface area (Å²) in [5, 5.41) is 13.9. The summed E-state index contributed by atoms with van der Waals surface area (Å²) < 4.78 is 44.4. The molecule has 15 heteroatoms. The lowest BCUT2D eigenvalue weighted by molar-refractivity contribution is -0.151. The number of hydrogen-bond donors (Lipinski definition) is 2. The minimum absolute atomic E-state index is 0.0750. The smallest absolute Gasteiger partial charge is 0.436 e. The third-order valence-corrected chi connectivity index (χ3v) is 6.50. The van der Waals surface area contributed by atoms with Crippen molar-refractivity contribution in [3.05, 3.63) is 27.7 Å². The quantitative estimate of drug-likeness (QED) is 0.443. The number of nitrogens with one attached hydrogen (secondary N) is 1. The number of carbonyl (C=O) groups excluding carboxylic acids is 3. The van der Waals surface area contributed by atoms with E-state index in [0.717, 1.165) is 28.3 Å². The van der Waals surface area contributed by atoms with Gasteiger partial charge in [0.05, 0.1) is 10.7 Å². The number of aliphatic carboxylic acids is 1. The Morgan fingerprint density at radius 2 is 2.03 bits per heavy atom. The lowest BCUT2D eigenvalue weighted by Crippen LogP contribution is -2.70. The van der Waals surface area contributed by atoms with Crippen LogP contribution in [0.2, 0.25) is 5.02 Å². The molecule has 3 rings (SSSR count). The van der Waals surface area contributed by atoms with Crippen LogP contribution in [-0.4, -0.2) is 67.3 Å². The number of hydrogen-bond acceptors (Lipinski definition) is 7. The molecule has 1 aromatic rings. The van der Waals surface area contributed by atoms with E-state index in [0.29, 0.717) is 0 Å². The number of ether oxygens (including phenoxy) is 1. The first-order valence-corrected chi connectivity index (χ1v) is 10.4. The highest BCUT2D eigenvalue weighted by molar-refractivity contribution is 8.00. The Labute approximate surface area is 187 Å². The maximum Gasteiger partial charge on any atom is 0.436 e. The summed E-state index contributed by atoms with van der Waals surface area (Å²) in [6.45, 7) is 1.51. The Morgan fingerprint density at radius 3 is 2.56 bits per heavy atom. The van der Waals surface area contributed by atoms with Crippen LogP contribution in [-0.2, 0) is 36.6 Å². The molecule has 3 heterocycles. The molecule has 0 aromatic carbocycles. The number of rotatable bonds is 6. The number of nitrogens with zero attached hydrogens (tertiary/aromatic N) is 3. The standard InChI is InChI=1S/C17H16ClF3N4O6S/c1-6-10(18)13(17(19,20)21)23-24(6)3-9(27)22-11-14(28)25-12(16(29)30)8(4-31-7(2)26)5-32-15(11)25/h11,15H,3-5H2,1-2H3,(H,22,27)(H,29,30)/t11-,15+/m0/s1. The fraction of sp³-hybridized carbons (Fsp3) is 0.471. The highest BCUT2D eigenvalue weighted by Gasteiger charge is 2.54. The van der Waals surface area contributed by atoms with Crippen LogP contribution in [0.5, 0.6) is 0 Å². The van der Waals surface area contributed by atoms with Crippen LogP contribution >= 0.6 is 23.4 Å². The van der Waals surface area contributed by atoms with Crippen molar-refractivity contribution >= 4 is 47.1 Å². The predicted octanol–water partition coefficient (Wildman–Crippen LogP) is 1.17. The highest BCUT2D eigenvalue weighted by atomic mass is 35.5. The molecule has 0 unspecified atom stereocenters. The van der Waals surface area contributed by atoms with Gasteiger partial charge in [0.2, 0.25) is 5.91 Å². The maximum absolute atomic E-state index is 12.9. The van der Waals surface area contributed by atoms with Gasteiger partial charge in [0.15, 0.2) is 5.69 Å². The van der Waals surface area contributed by atoms with Crippen molar-refractivity contribution in [2.75, 3.05) is 12.4 Å². The number of carboxylic acids is 1. The molecule has 1 fully saturated rings. The zero-order chi connectivity index (χ0) is 24.0. The topological polar surface area (TPSA) is 131 Å². The number of carboxylic acid groups (broad SMARTS) is 1. The van der Waals surface area contributed by atoms with E-state index >= 15 is 0 Å². The second-order valence-corrected chi connectivity index (χ2v) is 8.38. The monoisotopic (exact) mass is 496 g/mol. The lowest BCUT2D eigenvalue weighted by Gasteiger charge is -2.49. The fourth-order valence-corrected chi connectivity index (χ4v) is 4.77. The molecule has 0 bridgehead atoms. The molecule has 2 atom stereocenters. The number of thioether (sulfide) groups is 1. The van der Waals surface area contributed by atoms with Gasteiger partial charge in [0.25, 0.3) is 5.91 Å². The summed E-state index contributed by atoms with van der Waals surface area (Å²) in [6.07, 6.45) is -4.80. The van der Waals surface area contributed by atoms with E-state index in [1.807, 2.05) is 0 Å². The molecule has 2 N–H and O–H groups in total. The van der Waals surface area contributed by atoms with Crippen LogP contribution in [0.15, 0.2) is 11.3 Å². The van der Waals surface area contributed by atoms with Crippen LogP contribution in [0.3, 0.4) is 0 Å². The van der Waals surface area contributed by atoms with Crippen molar-refractivity contribution in [3.63, 3.8) is 0 Å². The van der Waals surface area contributed by atoms with E-state index in [-0.39, 0.29) is 29.3 Å². The fourth-order valence-electron chi connectivity index (χ4n) is 3.20. The molecule has 0 spiro atoms. The van der Waals surface area contributed by atoms with Crippen LogP contribution in [0, 0.1) is 6.92 Å². The first kappa shape index (κ1) is 23.9. The first-order chi connectivity index (χ1) is 14.8. The minimum atomic E-state index is -4.80. The zero-order valence-electron chi connectivity index (χ0n) is 16.5. The molecule has 2 aliphatic rings. The number of aromatic nitrogens is 2. The third kappa shape index (κ3) is 4.41. The van der Waals surface area contributed by atoms with Gasteiger partial charge in [0.1, 0.15) is 30.3 Å². The Hall–Kier alpha value is -2.74. The van der Waals surface area contributed by atoms with Gasteiger partial charge in [-0.15, -0.1) is 11.8 Å². The summed E-state index contributed by atoms with van der Waals surface area (Å²) in [4.78, 5) is 48.5. The second kappa shape index (κ2) is 8.65. The first-order valence-electron chi connectivity index (χ1n) is 8.95. The zero-order valence-corrected chi connectivity index (χ0v) is 18.1. The number of amides is 2. The van der Waals surface area contributed by atoms with Gasteiger partial charge in [-0.2, -0.15) is 18.3 Å². The van der Waals surface area contributed by atoms with Crippen LogP contribution in [0.4, 0.5) is 13.2 Å². The van der Waals surface area contributed by atoms with E-state index in [1.165, 1.54) is 6.92 Å². The number of fused-ring (bicyclic) bond motifs is 1. The molecule has 10 nitrogen and oxygen atoms in total. The largest absolute Gasteiger partial charge is 0.477 e. The summed E-state index contributed by atoms with van der Waals surface area (Å²) in [5.74, 6) is -3.38. The average molecular weight is 497 g/mol. The van der Waals surface area contributed by atoms with E-state index in [4.69, 9.17) is 16.3 Å². The van der Waals surface area contributed by atoms with Gasteiger partial charge in [-0.3, -0.25) is 24.0 Å². The molecule has 2 aliphatic heterocycles. The van der Waals surface area contributed by atoms with Crippen molar-refractivity contribution in [2.24, 2.45) is 0 Å². The predicted molar refractivity (Wildman–Crippen MR) is 103 cm³/mol. The van der Waals surface area contributed by atoms with Crippen molar-refractivity contribution in [1.82, 2.24) is 20.0 Å². The van der Waals surface area contributed by atoms with Crippen LogP contribution < -0.4 is 5.32 Å². The average Bonchev–Trinajstić information content (AvgIpc) is 2.98. The summed E-state index contributed by atoms with van der Waals surface area (Å²) in [7, 11) is 0. The number of halogens is 4. The molecule has 2 amide bonds. The molecule has 0 saturated carbocycles. The maximum atomic E-state index is 12.9. The lowest BCUT2D eigenvalue weighted by atomic mass is 10.0. The molecule has 0 radical (unpaired) electrons. The van der Waals surface area contributed by atoms with Crippen molar-refractivity contribution in [2.45, 2.75) is 38.0 Å². The summed E-state index contributed by atoms with van der Waals surface area (Å²) >= 11 is 6.81. The van der Waals surface area contributed by atoms with Gasteiger partial charge in [-0.1, -0.05) is 11.6 Å². The number of esters is 1. The van der Waals surface area contributed by atoms with Gasteiger partial charge in [0, 0.05) is 18.2 Å². The van der Waals surface area contributed by atoms with E-state index < -0.39 is 58.6 Å². The van der Waals surface area contributed by atoms with Crippen LogP contribution in [0.1, 0.15) is 18.3 Å². The minimum Gasteiger partial charge on any atom is -0.477 e. The molecule has 1 saturated heterocycles. The summed E-state index contributed by atoms with van der Waals surface area (Å²) in [5.41, 5.74) is -1.49. The Balaban J connectivity index is 1.71.